The van der Waals surface area contributed by atoms with Gasteiger partial charge in [-0.05, 0) is 30.2 Å². The number of hydrogen-bond donors (Lipinski definition) is 1. The van der Waals surface area contributed by atoms with Crippen molar-refractivity contribution >= 4 is 6.03 Å². The molecule has 1 N–H and O–H groups in total. The van der Waals surface area contributed by atoms with Gasteiger partial charge in [-0.25, -0.2) is 4.79 Å². The van der Waals surface area contributed by atoms with E-state index in [0.29, 0.717) is 13.3 Å². The number of nitrogens with zero attached hydrogens (tertiary/aromatic N) is 4. The summed E-state index contributed by atoms with van der Waals surface area (Å²) in [6.45, 7) is 3.50. The van der Waals surface area contributed by atoms with Crippen LogP contribution in [0.1, 0.15) is 23.7 Å². The van der Waals surface area contributed by atoms with Gasteiger partial charge in [0.15, 0.2) is 11.5 Å². The quantitative estimate of drug-likeness (QED) is 0.868. The number of amides is 2. The molecule has 8 nitrogen and oxygen atoms in total. The lowest BCUT2D eigenvalue weighted by atomic mass is 10.1. The maximum absolute atomic E-state index is 11.7. The lowest BCUT2D eigenvalue weighted by molar-refractivity contribution is 0.160. The van der Waals surface area contributed by atoms with E-state index in [-0.39, 0.29) is 12.1 Å². The predicted octanol–water partition coefficient (Wildman–Crippen LogP) is 1.83. The molecule has 0 radical (unpaired) electrons. The van der Waals surface area contributed by atoms with Crippen molar-refractivity contribution in [2.75, 3.05) is 34.0 Å². The zero-order valence-corrected chi connectivity index (χ0v) is 15.7. The Morgan fingerprint density at radius 3 is 3.00 bits per heavy atom. The van der Waals surface area contributed by atoms with Crippen LogP contribution in [0.3, 0.4) is 0 Å². The Bertz CT molecular complexity index is 819. The fourth-order valence-electron chi connectivity index (χ4n) is 3.60. The van der Waals surface area contributed by atoms with Crippen molar-refractivity contribution in [1.29, 1.82) is 0 Å². The summed E-state index contributed by atoms with van der Waals surface area (Å²) in [7, 11) is 3.49. The number of rotatable bonds is 5. The first-order chi connectivity index (χ1) is 13.1. The van der Waals surface area contributed by atoms with Crippen LogP contribution in [-0.2, 0) is 13.1 Å². The monoisotopic (exact) mass is 371 g/mol. The fraction of sp³-hybridized carbons (Fsp3) is 0.474. The van der Waals surface area contributed by atoms with Crippen molar-refractivity contribution in [1.82, 2.24) is 24.9 Å². The Morgan fingerprint density at radius 1 is 1.30 bits per heavy atom. The Kier molecular flexibility index (Phi) is 4.89. The van der Waals surface area contributed by atoms with Crippen LogP contribution >= 0.6 is 0 Å². The van der Waals surface area contributed by atoms with Crippen LogP contribution < -0.4 is 14.8 Å². The van der Waals surface area contributed by atoms with Crippen molar-refractivity contribution in [3.05, 3.63) is 41.7 Å². The number of benzene rings is 1. The number of carbonyl (C=O) groups is 1. The first kappa shape index (κ1) is 17.7. The first-order valence-electron chi connectivity index (χ1n) is 9.18. The minimum absolute atomic E-state index is 0.0660. The molecule has 2 amide bonds. The van der Waals surface area contributed by atoms with Crippen molar-refractivity contribution in [3.8, 4) is 11.5 Å². The molecule has 8 heteroatoms. The highest BCUT2D eigenvalue weighted by molar-refractivity contribution is 5.73. The lowest BCUT2D eigenvalue weighted by Gasteiger charge is -2.34. The number of ether oxygens (including phenoxy) is 2. The third-order valence-corrected chi connectivity index (χ3v) is 4.96. The molecule has 0 saturated heterocycles. The predicted molar refractivity (Wildman–Crippen MR) is 99.6 cm³/mol. The fourth-order valence-corrected chi connectivity index (χ4v) is 3.60. The molecule has 0 aliphatic carbocycles. The van der Waals surface area contributed by atoms with Gasteiger partial charge in [-0.1, -0.05) is 6.07 Å². The van der Waals surface area contributed by atoms with E-state index in [9.17, 15) is 4.79 Å². The van der Waals surface area contributed by atoms with Crippen LogP contribution in [-0.4, -0.2) is 59.6 Å². The summed E-state index contributed by atoms with van der Waals surface area (Å²) in [4.78, 5) is 15.7. The lowest BCUT2D eigenvalue weighted by Crippen LogP contribution is -2.40. The minimum Gasteiger partial charge on any atom is -0.454 e. The molecule has 1 atom stereocenters. The van der Waals surface area contributed by atoms with Crippen LogP contribution in [0, 0.1) is 0 Å². The molecule has 1 aromatic heterocycles. The maximum atomic E-state index is 11.7. The Balaban J connectivity index is 1.41. The average Bonchev–Trinajstić information content (AvgIpc) is 3.29. The molecule has 2 aromatic rings. The van der Waals surface area contributed by atoms with Crippen molar-refractivity contribution < 1.29 is 14.3 Å². The topological polar surface area (TPSA) is 71.9 Å². The maximum Gasteiger partial charge on any atom is 0.316 e. The Morgan fingerprint density at radius 2 is 2.15 bits per heavy atom. The summed E-state index contributed by atoms with van der Waals surface area (Å²) in [6, 6.07) is 8.35. The van der Waals surface area contributed by atoms with Crippen LogP contribution in [0.4, 0.5) is 4.79 Å². The standard InChI is InChI=1S/C19H25N5O3/c1-22(2)19(25)20-7-5-15-11-23(12-16-6-8-21-24(15)16)10-14-3-4-17-18(9-14)27-13-26-17/h3-4,6,8-9,15H,5,7,10-13H2,1-2H3,(H,20,25)/t15-/m0/s1. The number of fused-ring (bicyclic) bond motifs is 2. The Labute approximate surface area is 158 Å². The van der Waals surface area contributed by atoms with Gasteiger partial charge in [0.1, 0.15) is 0 Å². The van der Waals surface area contributed by atoms with Crippen molar-refractivity contribution in [2.45, 2.75) is 25.6 Å². The molecule has 0 fully saturated rings. The highest BCUT2D eigenvalue weighted by Crippen LogP contribution is 2.33. The molecular formula is C19H25N5O3. The van der Waals surface area contributed by atoms with Crippen molar-refractivity contribution in [2.24, 2.45) is 0 Å². The molecule has 1 aromatic carbocycles. The summed E-state index contributed by atoms with van der Waals surface area (Å²) in [6.07, 6.45) is 2.69. The molecule has 144 valence electrons. The van der Waals surface area contributed by atoms with E-state index in [1.54, 1.807) is 19.0 Å². The first-order valence-corrected chi connectivity index (χ1v) is 9.18. The van der Waals surface area contributed by atoms with Gasteiger partial charge in [-0.2, -0.15) is 5.10 Å². The number of hydrogen-bond acceptors (Lipinski definition) is 5. The van der Waals surface area contributed by atoms with E-state index < -0.39 is 0 Å². The largest absolute Gasteiger partial charge is 0.454 e. The summed E-state index contributed by atoms with van der Waals surface area (Å²) in [5.74, 6) is 1.63. The van der Waals surface area contributed by atoms with Crippen LogP contribution in [0.15, 0.2) is 30.5 Å². The van der Waals surface area contributed by atoms with E-state index in [2.05, 4.69) is 38.2 Å². The number of urea groups is 1. The average molecular weight is 371 g/mol. The van der Waals surface area contributed by atoms with E-state index in [0.717, 1.165) is 37.6 Å². The summed E-state index contributed by atoms with van der Waals surface area (Å²) >= 11 is 0. The van der Waals surface area contributed by atoms with E-state index in [4.69, 9.17) is 9.47 Å². The van der Waals surface area contributed by atoms with Gasteiger partial charge in [0.25, 0.3) is 0 Å². The van der Waals surface area contributed by atoms with Crippen molar-refractivity contribution in [3.63, 3.8) is 0 Å². The highest BCUT2D eigenvalue weighted by Gasteiger charge is 2.26. The van der Waals surface area contributed by atoms with Gasteiger partial charge in [-0.3, -0.25) is 9.58 Å². The van der Waals surface area contributed by atoms with E-state index in [1.165, 1.54) is 11.3 Å². The molecule has 2 aliphatic rings. The second-order valence-corrected chi connectivity index (χ2v) is 7.19. The van der Waals surface area contributed by atoms with Crippen LogP contribution in [0.2, 0.25) is 0 Å². The Hall–Kier alpha value is -2.74. The van der Waals surface area contributed by atoms with Gasteiger partial charge in [0, 0.05) is 46.5 Å². The minimum atomic E-state index is -0.0660. The molecule has 0 unspecified atom stereocenters. The SMILES string of the molecule is CN(C)C(=O)NCC[C@H]1CN(Cc2ccc3c(c2)OCO3)Cc2ccnn21. The van der Waals surface area contributed by atoms with Gasteiger partial charge >= 0.3 is 6.03 Å². The van der Waals surface area contributed by atoms with Gasteiger partial charge < -0.3 is 19.7 Å². The second kappa shape index (κ2) is 7.48. The van der Waals surface area contributed by atoms with E-state index in [1.807, 2.05) is 12.3 Å². The molecule has 27 heavy (non-hydrogen) atoms. The molecule has 0 bridgehead atoms. The molecule has 0 spiro atoms. The molecule has 4 rings (SSSR count). The number of aromatic nitrogens is 2. The van der Waals surface area contributed by atoms with Crippen LogP contribution in [0.5, 0.6) is 11.5 Å². The van der Waals surface area contributed by atoms with Gasteiger partial charge in [0.2, 0.25) is 6.79 Å². The third kappa shape index (κ3) is 3.85. The van der Waals surface area contributed by atoms with Gasteiger partial charge in [0.05, 0.1) is 11.7 Å². The summed E-state index contributed by atoms with van der Waals surface area (Å²) in [5.41, 5.74) is 2.40. The molecule has 2 aliphatic heterocycles. The smallest absolute Gasteiger partial charge is 0.316 e. The third-order valence-electron chi connectivity index (χ3n) is 4.96. The summed E-state index contributed by atoms with van der Waals surface area (Å²) < 4.78 is 13.0. The van der Waals surface area contributed by atoms with Gasteiger partial charge in [-0.15, -0.1) is 0 Å². The zero-order chi connectivity index (χ0) is 18.8. The zero-order valence-electron chi connectivity index (χ0n) is 15.7. The number of nitrogens with one attached hydrogen (secondary N) is 1. The molecule has 0 saturated carbocycles. The summed E-state index contributed by atoms with van der Waals surface area (Å²) in [5, 5.41) is 7.43. The van der Waals surface area contributed by atoms with Crippen LogP contribution in [0.25, 0.3) is 0 Å². The normalized spacial score (nSPS) is 18.2. The highest BCUT2D eigenvalue weighted by atomic mass is 16.7. The molecule has 3 heterocycles. The number of carbonyl (C=O) groups excluding carboxylic acids is 1. The second-order valence-electron chi connectivity index (χ2n) is 7.19. The van der Waals surface area contributed by atoms with E-state index >= 15 is 0 Å². The molecular weight excluding hydrogens is 346 g/mol.